The second-order valence-electron chi connectivity index (χ2n) is 5.44. The van der Waals surface area contributed by atoms with E-state index in [-0.39, 0.29) is 18.1 Å². The van der Waals surface area contributed by atoms with Gasteiger partial charge in [0.1, 0.15) is 0 Å². The molecule has 0 saturated carbocycles. The first kappa shape index (κ1) is 15.0. The Balaban J connectivity index is 1.76. The van der Waals surface area contributed by atoms with E-state index in [9.17, 15) is 4.79 Å². The van der Waals surface area contributed by atoms with Gasteiger partial charge in [0.2, 0.25) is 5.91 Å². The smallest absolute Gasteiger partial charge is 0.222 e. The Morgan fingerprint density at radius 2 is 2.10 bits per heavy atom. The molecule has 2 unspecified atom stereocenters. The maximum absolute atomic E-state index is 12.2. The van der Waals surface area contributed by atoms with Crippen molar-refractivity contribution in [1.29, 1.82) is 0 Å². The Hall–Kier alpha value is -1.39. The summed E-state index contributed by atoms with van der Waals surface area (Å²) >= 11 is 0. The van der Waals surface area contributed by atoms with Crippen LogP contribution in [0.1, 0.15) is 25.3 Å². The highest BCUT2D eigenvalue weighted by Crippen LogP contribution is 2.13. The summed E-state index contributed by atoms with van der Waals surface area (Å²) in [5, 5.41) is 0. The molecule has 20 heavy (non-hydrogen) atoms. The first-order valence-corrected chi connectivity index (χ1v) is 7.36. The van der Waals surface area contributed by atoms with Gasteiger partial charge in [-0.15, -0.1) is 0 Å². The number of benzene rings is 1. The lowest BCUT2D eigenvalue weighted by Crippen LogP contribution is -2.51. The first-order valence-electron chi connectivity index (χ1n) is 7.36. The Kier molecular flexibility index (Phi) is 5.56. The summed E-state index contributed by atoms with van der Waals surface area (Å²) < 4.78 is 5.67. The van der Waals surface area contributed by atoms with Crippen molar-refractivity contribution in [2.75, 3.05) is 19.6 Å². The van der Waals surface area contributed by atoms with Gasteiger partial charge < -0.3 is 15.4 Å². The van der Waals surface area contributed by atoms with Crippen LogP contribution < -0.4 is 5.73 Å². The van der Waals surface area contributed by atoms with Crippen LogP contribution in [0.2, 0.25) is 0 Å². The van der Waals surface area contributed by atoms with Crippen LogP contribution in [0.4, 0.5) is 0 Å². The molecule has 4 nitrogen and oxygen atoms in total. The van der Waals surface area contributed by atoms with E-state index >= 15 is 0 Å². The molecule has 110 valence electrons. The largest absolute Gasteiger partial charge is 0.370 e. The summed E-state index contributed by atoms with van der Waals surface area (Å²) in [4.78, 5) is 14.1. The van der Waals surface area contributed by atoms with Crippen LogP contribution in [0, 0.1) is 0 Å². The van der Waals surface area contributed by atoms with Crippen LogP contribution in [-0.4, -0.2) is 42.6 Å². The molecule has 0 spiro atoms. The number of aryl methyl sites for hydroxylation is 1. The topological polar surface area (TPSA) is 55.6 Å². The molecule has 2 rings (SSSR count). The van der Waals surface area contributed by atoms with Crippen molar-refractivity contribution in [3.8, 4) is 0 Å². The Bertz CT molecular complexity index is 422. The molecule has 1 aromatic carbocycles. The van der Waals surface area contributed by atoms with E-state index in [2.05, 4.69) is 12.1 Å². The van der Waals surface area contributed by atoms with E-state index in [1.165, 1.54) is 5.56 Å². The standard InChI is InChI=1S/C16H24N2O2/c1-13-11-18(12-15(10-17)20-13)16(19)9-5-8-14-6-3-2-4-7-14/h2-4,6-7,13,15H,5,8-12,17H2,1H3. The molecule has 4 heteroatoms. The molecule has 1 heterocycles. The number of rotatable bonds is 5. The summed E-state index contributed by atoms with van der Waals surface area (Å²) in [5.41, 5.74) is 6.93. The molecular weight excluding hydrogens is 252 g/mol. The third-order valence-electron chi connectivity index (χ3n) is 3.64. The normalized spacial score (nSPS) is 22.8. The van der Waals surface area contributed by atoms with Gasteiger partial charge in [-0.25, -0.2) is 0 Å². The number of ether oxygens (including phenoxy) is 1. The number of carbonyl (C=O) groups is 1. The molecule has 0 aromatic heterocycles. The second-order valence-corrected chi connectivity index (χ2v) is 5.44. The van der Waals surface area contributed by atoms with E-state index in [4.69, 9.17) is 10.5 Å². The molecule has 0 aliphatic carbocycles. The van der Waals surface area contributed by atoms with E-state index < -0.39 is 0 Å². The molecule has 1 amide bonds. The number of nitrogens with zero attached hydrogens (tertiary/aromatic N) is 1. The fourth-order valence-electron chi connectivity index (χ4n) is 2.63. The molecule has 0 radical (unpaired) electrons. The van der Waals surface area contributed by atoms with Gasteiger partial charge >= 0.3 is 0 Å². The molecule has 1 aliphatic rings. The highest BCUT2D eigenvalue weighted by molar-refractivity contribution is 5.76. The van der Waals surface area contributed by atoms with Gasteiger partial charge in [-0.1, -0.05) is 30.3 Å². The minimum Gasteiger partial charge on any atom is -0.370 e. The number of amides is 1. The monoisotopic (exact) mass is 276 g/mol. The highest BCUT2D eigenvalue weighted by atomic mass is 16.5. The van der Waals surface area contributed by atoms with Crippen LogP contribution in [0.5, 0.6) is 0 Å². The number of morpholine rings is 1. The maximum Gasteiger partial charge on any atom is 0.222 e. The van der Waals surface area contributed by atoms with Gasteiger partial charge in [-0.05, 0) is 25.3 Å². The third kappa shape index (κ3) is 4.32. The molecule has 2 atom stereocenters. The van der Waals surface area contributed by atoms with Gasteiger partial charge in [0.15, 0.2) is 0 Å². The van der Waals surface area contributed by atoms with Crippen LogP contribution in [0.25, 0.3) is 0 Å². The molecule has 0 bridgehead atoms. The number of hydrogen-bond acceptors (Lipinski definition) is 3. The predicted octanol–water partition coefficient (Wildman–Crippen LogP) is 1.58. The van der Waals surface area contributed by atoms with E-state index in [0.717, 1.165) is 12.8 Å². The zero-order chi connectivity index (χ0) is 14.4. The first-order chi connectivity index (χ1) is 9.69. The zero-order valence-electron chi connectivity index (χ0n) is 12.1. The van der Waals surface area contributed by atoms with E-state index in [1.807, 2.05) is 30.0 Å². The van der Waals surface area contributed by atoms with Crippen molar-refractivity contribution in [3.63, 3.8) is 0 Å². The molecular formula is C16H24N2O2. The van der Waals surface area contributed by atoms with Crippen LogP contribution in [0.3, 0.4) is 0 Å². The number of carbonyl (C=O) groups excluding carboxylic acids is 1. The predicted molar refractivity (Wildman–Crippen MR) is 79.3 cm³/mol. The summed E-state index contributed by atoms with van der Waals surface area (Å²) in [6.45, 7) is 3.77. The quantitative estimate of drug-likeness (QED) is 0.888. The average molecular weight is 276 g/mol. The fourth-order valence-corrected chi connectivity index (χ4v) is 2.63. The van der Waals surface area contributed by atoms with Crippen LogP contribution in [0.15, 0.2) is 30.3 Å². The number of hydrogen-bond donors (Lipinski definition) is 1. The zero-order valence-corrected chi connectivity index (χ0v) is 12.1. The van der Waals surface area contributed by atoms with Gasteiger partial charge in [0.05, 0.1) is 12.2 Å². The SMILES string of the molecule is CC1CN(C(=O)CCCc2ccccc2)CC(CN)O1. The Morgan fingerprint density at radius 3 is 2.80 bits per heavy atom. The molecule has 2 N–H and O–H groups in total. The molecule has 1 aromatic rings. The summed E-state index contributed by atoms with van der Waals surface area (Å²) in [7, 11) is 0. The lowest BCUT2D eigenvalue weighted by atomic mass is 10.1. The maximum atomic E-state index is 12.2. The van der Waals surface area contributed by atoms with E-state index in [0.29, 0.717) is 26.1 Å². The molecule has 1 fully saturated rings. The van der Waals surface area contributed by atoms with Gasteiger partial charge in [0.25, 0.3) is 0 Å². The highest BCUT2D eigenvalue weighted by Gasteiger charge is 2.26. The molecule has 1 aliphatic heterocycles. The van der Waals surface area contributed by atoms with E-state index in [1.54, 1.807) is 0 Å². The summed E-state index contributed by atoms with van der Waals surface area (Å²) in [6, 6.07) is 10.3. The lowest BCUT2D eigenvalue weighted by Gasteiger charge is -2.36. The minimum absolute atomic E-state index is 0.0168. The van der Waals surface area contributed by atoms with Crippen molar-refractivity contribution in [2.45, 2.75) is 38.4 Å². The van der Waals surface area contributed by atoms with Gasteiger partial charge in [-0.2, -0.15) is 0 Å². The second kappa shape index (κ2) is 7.41. The minimum atomic E-state index is -0.0168. The third-order valence-corrected chi connectivity index (χ3v) is 3.64. The van der Waals surface area contributed by atoms with Crippen molar-refractivity contribution < 1.29 is 9.53 Å². The van der Waals surface area contributed by atoms with Crippen LogP contribution in [-0.2, 0) is 16.0 Å². The summed E-state index contributed by atoms with van der Waals surface area (Å²) in [5.74, 6) is 0.217. The molecule has 1 saturated heterocycles. The summed E-state index contributed by atoms with van der Waals surface area (Å²) in [6.07, 6.45) is 2.50. The van der Waals surface area contributed by atoms with Crippen molar-refractivity contribution in [2.24, 2.45) is 5.73 Å². The Labute approximate surface area is 120 Å². The van der Waals surface area contributed by atoms with Gasteiger partial charge in [0, 0.05) is 26.1 Å². The Morgan fingerprint density at radius 1 is 1.35 bits per heavy atom. The van der Waals surface area contributed by atoms with Crippen molar-refractivity contribution in [1.82, 2.24) is 4.90 Å². The average Bonchev–Trinajstić information content (AvgIpc) is 2.47. The van der Waals surface area contributed by atoms with Gasteiger partial charge in [-0.3, -0.25) is 4.79 Å². The van der Waals surface area contributed by atoms with Crippen LogP contribution >= 0.6 is 0 Å². The van der Waals surface area contributed by atoms with Crippen molar-refractivity contribution >= 4 is 5.91 Å². The van der Waals surface area contributed by atoms with Crippen molar-refractivity contribution in [3.05, 3.63) is 35.9 Å². The number of nitrogens with two attached hydrogens (primary N) is 1. The fraction of sp³-hybridized carbons (Fsp3) is 0.562. The lowest BCUT2D eigenvalue weighted by molar-refractivity contribution is -0.143.